The molecule has 55 nitrogen and oxygen atoms in total. The van der Waals surface area contributed by atoms with Crippen molar-refractivity contribution in [3.8, 4) is 0 Å². The second kappa shape index (κ2) is 52.6. The third kappa shape index (κ3) is 39.5. The molecule has 2 saturated heterocycles. The first-order valence-corrected chi connectivity index (χ1v) is 38.1. The predicted molar refractivity (Wildman–Crippen MR) is 415 cm³/mol. The van der Waals surface area contributed by atoms with E-state index in [9.17, 15) is 141 Å². The fraction of sp³-hybridized carbons (Fsp3) is 0.618. The van der Waals surface area contributed by atoms with E-state index in [0.29, 0.717) is 0 Å². The normalized spacial score (nSPS) is 16.1. The van der Waals surface area contributed by atoms with E-state index >= 15 is 0 Å². The van der Waals surface area contributed by atoms with Crippen molar-refractivity contribution in [3.05, 3.63) is 0 Å². The summed E-state index contributed by atoms with van der Waals surface area (Å²) < 4.78 is 0. The lowest BCUT2D eigenvalue weighted by molar-refractivity contribution is -0.144. The molecule has 0 radical (unpaired) electrons. The zero-order valence-corrected chi connectivity index (χ0v) is 67.4. The molecule has 55 heteroatoms. The minimum absolute atomic E-state index is 0.00976. The molecule has 2 rings (SSSR count). The van der Waals surface area contributed by atoms with Gasteiger partial charge in [0.25, 0.3) is 0 Å². The molecular weight excluding hydrogens is 1640 g/mol. The summed E-state index contributed by atoms with van der Waals surface area (Å²) in [5, 5.41) is 100. The number of carbonyl (C=O) groups excluding carboxylic acids is 19. The molecular formula is C68H108N26O29. The quantitative estimate of drug-likeness (QED) is 0.0153. The predicted octanol–water partition coefficient (Wildman–Crippen LogP) is -14.8. The van der Waals surface area contributed by atoms with Crippen molar-refractivity contribution in [3.63, 3.8) is 0 Å². The van der Waals surface area contributed by atoms with Crippen LogP contribution in [0, 0.1) is 10.8 Å². The van der Waals surface area contributed by atoms with E-state index < -0.39 is 316 Å². The Morgan fingerprint density at radius 1 is 0.341 bits per heavy atom. The van der Waals surface area contributed by atoms with Crippen molar-refractivity contribution in [2.45, 2.75) is 215 Å². The smallest absolute Gasteiger partial charge is 0.325 e. The Morgan fingerprint density at radius 3 is 0.951 bits per heavy atom. The number of carboxylic acids is 5. The lowest BCUT2D eigenvalue weighted by Crippen LogP contribution is -2.59. The van der Waals surface area contributed by atoms with Crippen molar-refractivity contribution in [1.29, 1.82) is 10.8 Å². The van der Waals surface area contributed by atoms with Crippen LogP contribution < -0.4 is 119 Å². The van der Waals surface area contributed by atoms with Gasteiger partial charge in [-0.25, -0.2) is 0 Å². The number of carboxylic acid groups (broad SMARTS) is 5. The lowest BCUT2D eigenvalue weighted by Gasteiger charge is -2.29. The van der Waals surface area contributed by atoms with Crippen LogP contribution in [0.4, 0.5) is 0 Å². The van der Waals surface area contributed by atoms with E-state index in [-0.39, 0.29) is 77.5 Å². The molecule has 2 aliphatic rings. The fourth-order valence-electron chi connectivity index (χ4n) is 11.8. The topological polar surface area (TPSA) is 900 Å². The molecule has 0 aliphatic carbocycles. The number of nitrogens with zero attached hydrogens (tertiary/aromatic N) is 2. The Labute approximate surface area is 699 Å². The van der Waals surface area contributed by atoms with E-state index in [4.69, 9.17) is 39.5 Å². The number of carbonyl (C=O) groups is 24. The minimum Gasteiger partial charge on any atom is -0.481 e. The third-order valence-electron chi connectivity index (χ3n) is 18.1. The second-order valence-corrected chi connectivity index (χ2v) is 28.1. The Morgan fingerprint density at radius 2 is 0.634 bits per heavy atom. The highest BCUT2D eigenvalue weighted by molar-refractivity contribution is 6.02. The number of guanidine groups is 2. The zero-order valence-electron chi connectivity index (χ0n) is 67.4. The summed E-state index contributed by atoms with van der Waals surface area (Å²) in [4.78, 5) is 313. The van der Waals surface area contributed by atoms with Gasteiger partial charge in [0.1, 0.15) is 84.6 Å². The van der Waals surface area contributed by atoms with E-state index in [2.05, 4.69) is 90.4 Å². The number of nitrogens with one attached hydrogen (secondary N) is 19. The van der Waals surface area contributed by atoms with Crippen LogP contribution in [0.3, 0.4) is 0 Å². The molecule has 0 aromatic carbocycles. The van der Waals surface area contributed by atoms with Crippen molar-refractivity contribution < 1.29 is 141 Å². The number of hydrogen-bond donors (Lipinski definition) is 29. The highest BCUT2D eigenvalue weighted by Crippen LogP contribution is 2.22. The summed E-state index contributed by atoms with van der Waals surface area (Å²) in [7, 11) is 0. The molecule has 2 fully saturated rings. The molecule has 0 bridgehead atoms. The van der Waals surface area contributed by atoms with Gasteiger partial charge >= 0.3 is 29.8 Å². The van der Waals surface area contributed by atoms with Crippen LogP contribution in [0.5, 0.6) is 0 Å². The first kappa shape index (κ1) is 105. The van der Waals surface area contributed by atoms with E-state index in [0.717, 1.165) is 30.6 Å². The minimum atomic E-state index is -2.04. The van der Waals surface area contributed by atoms with Gasteiger partial charge in [0, 0.05) is 39.0 Å². The largest absolute Gasteiger partial charge is 0.481 e. The average molecular weight is 1750 g/mol. The Bertz CT molecular complexity index is 3960. The molecule has 2 heterocycles. The summed E-state index contributed by atoms with van der Waals surface area (Å²) in [5.74, 6) is -29.9. The van der Waals surface area contributed by atoms with Gasteiger partial charge < -0.3 is 154 Å². The lowest BCUT2D eigenvalue weighted by atomic mass is 10.1. The van der Waals surface area contributed by atoms with Gasteiger partial charge in [-0.15, -0.1) is 0 Å². The van der Waals surface area contributed by atoms with Gasteiger partial charge in [-0.1, -0.05) is 0 Å². The standard InChI is InChI=1S/C68H108N26O29/c1-29(83-62(118)41-11-7-19-93(41)64(120)35(13-15-43(70)95)85-46(98)27-79-56(112)37(21-49(101)102)91-54(110)30(2)81-58(114)33(9-5-17-76-67(72)73)89-60(116)39(23-51(105)106)87-45(97)25-69)53(109)78-26-48(100)88-40(24-52(107)108)61(117)90-34(10-6-18-77-68(74)75)59(115)82-31(3)55(111)92-38(22-50(103)104)57(113)80-28-47(99)86-36(14-16-44(71)96)65(121)94-20-8-12-42(94)63(119)84-32(4)66(122)123/h29-42H,5-28,69H2,1-4H3,(H2,70,95)(H2,71,96)(H,78,109)(H,79,112)(H,80,113)(H,81,114)(H,82,115)(H,83,118)(H,84,119)(H,85,98)(H,86,99)(H,87,97)(H,88,100)(H,89,116)(H,90,117)(H,91,110)(H,92,111)(H,101,102)(H,103,104)(H,105,106)(H,107,108)(H,122,123)(H4,72,73,76)(H4,74,75,77)/t29-,30-,31-,32-,33-,34-,35-,36-,37-,38-,39-,40-,41-,42-/m0/s1. The number of likely N-dealkylation sites (tertiary alicyclic amines) is 2. The van der Waals surface area contributed by atoms with Gasteiger partial charge in [-0.2, -0.15) is 0 Å². The second-order valence-electron chi connectivity index (χ2n) is 28.1. The third-order valence-corrected chi connectivity index (χ3v) is 18.1. The monoisotopic (exact) mass is 1750 g/mol. The summed E-state index contributed by atoms with van der Waals surface area (Å²) in [5.41, 5.74) is 26.6. The number of hydrogen-bond acceptors (Lipinski definition) is 27. The summed E-state index contributed by atoms with van der Waals surface area (Å²) in [6.07, 6.45) is -6.61. The van der Waals surface area contributed by atoms with Gasteiger partial charge in [0.15, 0.2) is 11.9 Å². The van der Waals surface area contributed by atoms with Gasteiger partial charge in [-0.05, 0) is 91.9 Å². The first-order valence-electron chi connectivity index (χ1n) is 38.1. The van der Waals surface area contributed by atoms with Crippen LogP contribution in [0.15, 0.2) is 0 Å². The first-order chi connectivity index (χ1) is 57.5. The number of primary amides is 2. The fourth-order valence-corrected chi connectivity index (χ4v) is 11.8. The van der Waals surface area contributed by atoms with E-state index in [1.165, 1.54) is 6.92 Å². The molecule has 123 heavy (non-hydrogen) atoms. The Hall–Kier alpha value is -14.2. The molecule has 0 saturated carbocycles. The number of nitrogens with two attached hydrogens (primary N) is 5. The number of rotatable bonds is 55. The molecule has 684 valence electrons. The van der Waals surface area contributed by atoms with Gasteiger partial charge in [0.05, 0.1) is 51.9 Å². The maximum Gasteiger partial charge on any atom is 0.325 e. The maximum atomic E-state index is 14.2. The molecule has 0 aromatic rings. The highest BCUT2D eigenvalue weighted by Gasteiger charge is 2.42. The zero-order chi connectivity index (χ0) is 93.2. The summed E-state index contributed by atoms with van der Waals surface area (Å²) in [6.45, 7) is 0.383. The van der Waals surface area contributed by atoms with Crippen molar-refractivity contribution in [2.24, 2.45) is 28.7 Å². The van der Waals surface area contributed by atoms with Crippen LogP contribution in [0.1, 0.15) is 130 Å². The average Bonchev–Trinajstić information content (AvgIpc) is 1.67. The van der Waals surface area contributed by atoms with Crippen molar-refractivity contribution >= 4 is 154 Å². The van der Waals surface area contributed by atoms with Gasteiger partial charge in [-0.3, -0.25) is 126 Å². The van der Waals surface area contributed by atoms with Crippen LogP contribution in [-0.4, -0.2) is 326 Å². The van der Waals surface area contributed by atoms with Crippen LogP contribution >= 0.6 is 0 Å². The molecule has 0 aromatic heterocycles. The number of amides is 19. The highest BCUT2D eigenvalue weighted by atomic mass is 16.4. The van der Waals surface area contributed by atoms with Gasteiger partial charge in [0.2, 0.25) is 112 Å². The van der Waals surface area contributed by atoms with E-state index in [1.807, 2.05) is 0 Å². The maximum absolute atomic E-state index is 14.2. The van der Waals surface area contributed by atoms with E-state index in [1.54, 1.807) is 0 Å². The van der Waals surface area contributed by atoms with Crippen LogP contribution in [0.25, 0.3) is 0 Å². The van der Waals surface area contributed by atoms with Crippen molar-refractivity contribution in [2.75, 3.05) is 52.4 Å². The Balaban J connectivity index is 2.19. The van der Waals surface area contributed by atoms with Crippen LogP contribution in [0.2, 0.25) is 0 Å². The SMILES string of the molecule is C[C@H](NC(=O)[C@@H]1CCCN1C(=O)[C@H](CCC(N)=O)NC(=O)CNC(=O)[C@H](CC(=O)O)NC(=O)[C@H](C)NC(=O)[C@H](CCCNC(=N)N)NC(=O)[C@H](CC(=O)O)NC(=O)CNC(=O)[C@H](C)NC(=O)[C@@H]1CCCN1C(=O)[C@H](CCC(N)=O)NC(=O)CNC(=O)[C@H](CC(=O)O)NC(=O)[C@H](C)NC(=O)[C@H](CCCNC(=N)N)NC(=O)[C@H](CC(=O)O)NC(=O)CN)C(=O)O. The summed E-state index contributed by atoms with van der Waals surface area (Å²) in [6, 6.07) is -23.1. The molecule has 14 atom stereocenters. The molecule has 19 amide bonds. The Kier molecular flexibility index (Phi) is 44.9. The van der Waals surface area contributed by atoms with Crippen LogP contribution in [-0.2, 0) is 115 Å². The molecule has 2 aliphatic heterocycles. The number of aliphatic carboxylic acids is 5. The van der Waals surface area contributed by atoms with Crippen molar-refractivity contribution in [1.82, 2.24) is 100 Å². The summed E-state index contributed by atoms with van der Waals surface area (Å²) >= 11 is 0. The molecule has 0 spiro atoms. The molecule has 34 N–H and O–H groups in total. The molecule has 0 unspecified atom stereocenters.